The van der Waals surface area contributed by atoms with Gasteiger partial charge in [0.2, 0.25) is 10.0 Å². The Hall–Kier alpha value is -2.66. The normalized spacial score (nSPS) is 11.4. The van der Waals surface area contributed by atoms with Crippen molar-refractivity contribution in [2.45, 2.75) is 11.3 Å². The average Bonchev–Trinajstić information content (AvgIpc) is 2.83. The van der Waals surface area contributed by atoms with Crippen molar-refractivity contribution in [2.24, 2.45) is 0 Å². The number of rotatable bonds is 14. The third-order valence-corrected chi connectivity index (χ3v) is 6.90. The third kappa shape index (κ3) is 7.43. The number of methoxy groups -OCH3 is 4. The van der Waals surface area contributed by atoms with Crippen molar-refractivity contribution in [1.29, 1.82) is 0 Å². The van der Waals surface area contributed by atoms with Crippen LogP contribution >= 0.6 is 0 Å². The van der Waals surface area contributed by atoms with E-state index >= 15 is 0 Å². The number of carbonyl (C=O) groups is 1. The molecule has 0 saturated heterocycles. The number of hydrogen-bond donors (Lipinski definition) is 1. The van der Waals surface area contributed by atoms with Gasteiger partial charge in [0.25, 0.3) is 5.91 Å². The van der Waals surface area contributed by atoms with Gasteiger partial charge < -0.3 is 24.3 Å². The first-order valence-electron chi connectivity index (χ1n) is 10.4. The minimum Gasteiger partial charge on any atom is -0.493 e. The molecule has 1 amide bonds. The molecule has 2 aromatic carbocycles. The molecule has 0 saturated carbocycles. The van der Waals surface area contributed by atoms with Crippen LogP contribution in [0.1, 0.15) is 15.9 Å². The van der Waals surface area contributed by atoms with Crippen molar-refractivity contribution in [3.63, 3.8) is 0 Å². The molecule has 1 N–H and O–H groups in total. The first-order valence-corrected chi connectivity index (χ1v) is 11.9. The standard InChI is InChI=1S/C23H32N2O7S/c1-29-15-13-25(14-16-30-2)33(27,28)20-8-6-19(7-9-20)23(26)24-12-11-18-5-10-21(31-3)22(17-18)32-4/h5-10,17H,11-16H2,1-4H3,(H,24,26). The maximum absolute atomic E-state index is 12.9. The number of benzene rings is 2. The Morgan fingerprint density at radius 1 is 0.879 bits per heavy atom. The number of nitrogens with one attached hydrogen (secondary N) is 1. The van der Waals surface area contributed by atoms with Crippen LogP contribution in [0.5, 0.6) is 11.5 Å². The molecule has 33 heavy (non-hydrogen) atoms. The minimum absolute atomic E-state index is 0.108. The third-order valence-electron chi connectivity index (χ3n) is 4.99. The number of hydrogen-bond acceptors (Lipinski definition) is 7. The maximum atomic E-state index is 12.9. The average molecular weight is 481 g/mol. The van der Waals surface area contributed by atoms with Crippen LogP contribution in [0.25, 0.3) is 0 Å². The fourth-order valence-electron chi connectivity index (χ4n) is 3.12. The number of amides is 1. The van der Waals surface area contributed by atoms with Crippen LogP contribution in [0, 0.1) is 0 Å². The lowest BCUT2D eigenvalue weighted by molar-refractivity contribution is 0.0954. The predicted octanol–water partition coefficient (Wildman–Crippen LogP) is 1.96. The van der Waals surface area contributed by atoms with Gasteiger partial charge in [0.1, 0.15) is 0 Å². The van der Waals surface area contributed by atoms with Crippen molar-refractivity contribution < 1.29 is 32.2 Å². The van der Waals surface area contributed by atoms with E-state index in [4.69, 9.17) is 18.9 Å². The number of sulfonamides is 1. The van der Waals surface area contributed by atoms with Crippen molar-refractivity contribution in [3.8, 4) is 11.5 Å². The van der Waals surface area contributed by atoms with E-state index in [0.29, 0.717) is 30.0 Å². The van der Waals surface area contributed by atoms with Crippen LogP contribution in [0.2, 0.25) is 0 Å². The molecule has 0 aliphatic heterocycles. The van der Waals surface area contributed by atoms with E-state index in [1.54, 1.807) is 14.2 Å². The van der Waals surface area contributed by atoms with Crippen molar-refractivity contribution in [1.82, 2.24) is 9.62 Å². The Kier molecular flexibility index (Phi) is 10.6. The van der Waals surface area contributed by atoms with E-state index in [0.717, 1.165) is 5.56 Å². The van der Waals surface area contributed by atoms with Crippen molar-refractivity contribution in [3.05, 3.63) is 53.6 Å². The van der Waals surface area contributed by atoms with Gasteiger partial charge >= 0.3 is 0 Å². The molecular weight excluding hydrogens is 448 g/mol. The van der Waals surface area contributed by atoms with Gasteiger partial charge in [0.05, 0.1) is 32.3 Å². The summed E-state index contributed by atoms with van der Waals surface area (Å²) in [5.41, 5.74) is 1.36. The second-order valence-corrected chi connectivity index (χ2v) is 9.05. The molecule has 0 aromatic heterocycles. The summed E-state index contributed by atoms with van der Waals surface area (Å²) in [7, 11) is 2.44. The minimum atomic E-state index is -3.73. The maximum Gasteiger partial charge on any atom is 0.251 e. The molecule has 0 fully saturated rings. The van der Waals surface area contributed by atoms with E-state index in [2.05, 4.69) is 5.32 Å². The molecule has 2 aromatic rings. The van der Waals surface area contributed by atoms with Crippen LogP contribution in [0.3, 0.4) is 0 Å². The summed E-state index contributed by atoms with van der Waals surface area (Å²) in [5.74, 6) is 0.988. The Bertz CT molecular complexity index is 986. The van der Waals surface area contributed by atoms with Crippen LogP contribution in [0.4, 0.5) is 0 Å². The van der Waals surface area contributed by atoms with Gasteiger partial charge in [-0.05, 0) is 48.4 Å². The van der Waals surface area contributed by atoms with Gasteiger partial charge in [-0.3, -0.25) is 4.79 Å². The summed E-state index contributed by atoms with van der Waals surface area (Å²) >= 11 is 0. The monoisotopic (exact) mass is 480 g/mol. The first kappa shape index (κ1) is 26.6. The van der Waals surface area contributed by atoms with Gasteiger partial charge in [0, 0.05) is 39.4 Å². The lowest BCUT2D eigenvalue weighted by Crippen LogP contribution is -2.36. The van der Waals surface area contributed by atoms with E-state index in [-0.39, 0.29) is 37.1 Å². The molecule has 0 spiro atoms. The lowest BCUT2D eigenvalue weighted by Gasteiger charge is -2.21. The highest BCUT2D eigenvalue weighted by atomic mass is 32.2. The molecule has 0 aliphatic carbocycles. The molecule has 9 nitrogen and oxygen atoms in total. The molecule has 2 rings (SSSR count). The number of carbonyl (C=O) groups excluding carboxylic acids is 1. The van der Waals surface area contributed by atoms with Crippen LogP contribution in [-0.2, 0) is 25.9 Å². The van der Waals surface area contributed by atoms with Gasteiger partial charge in [0.15, 0.2) is 11.5 Å². The highest BCUT2D eigenvalue weighted by Gasteiger charge is 2.24. The van der Waals surface area contributed by atoms with E-state index in [1.807, 2.05) is 18.2 Å². The fourth-order valence-corrected chi connectivity index (χ4v) is 4.53. The number of ether oxygens (including phenoxy) is 4. The second-order valence-electron chi connectivity index (χ2n) is 7.11. The zero-order valence-electron chi connectivity index (χ0n) is 19.5. The second kappa shape index (κ2) is 13.1. The first-order chi connectivity index (χ1) is 15.9. The van der Waals surface area contributed by atoms with E-state index in [9.17, 15) is 13.2 Å². The van der Waals surface area contributed by atoms with Gasteiger partial charge in [-0.2, -0.15) is 4.31 Å². The quantitative estimate of drug-likeness (QED) is 0.441. The highest BCUT2D eigenvalue weighted by Crippen LogP contribution is 2.27. The summed E-state index contributed by atoms with van der Waals surface area (Å²) in [6, 6.07) is 11.5. The Morgan fingerprint density at radius 3 is 2.03 bits per heavy atom. The largest absolute Gasteiger partial charge is 0.493 e. The Balaban J connectivity index is 2.00. The summed E-state index contributed by atoms with van der Waals surface area (Å²) in [5, 5.41) is 2.85. The number of nitrogens with zero attached hydrogens (tertiary/aromatic N) is 1. The van der Waals surface area contributed by atoms with Gasteiger partial charge in [-0.15, -0.1) is 0 Å². The lowest BCUT2D eigenvalue weighted by atomic mass is 10.1. The smallest absolute Gasteiger partial charge is 0.251 e. The van der Waals surface area contributed by atoms with E-state index < -0.39 is 10.0 Å². The van der Waals surface area contributed by atoms with Gasteiger partial charge in [-0.1, -0.05) is 6.07 Å². The summed E-state index contributed by atoms with van der Waals surface area (Å²) < 4.78 is 47.7. The molecule has 182 valence electrons. The summed E-state index contributed by atoms with van der Waals surface area (Å²) in [6.07, 6.45) is 0.604. The Morgan fingerprint density at radius 2 is 1.48 bits per heavy atom. The summed E-state index contributed by atoms with van der Waals surface area (Å²) in [6.45, 7) is 1.37. The van der Waals surface area contributed by atoms with Gasteiger partial charge in [-0.25, -0.2) is 8.42 Å². The molecule has 0 unspecified atom stereocenters. The summed E-state index contributed by atoms with van der Waals surface area (Å²) in [4.78, 5) is 12.6. The van der Waals surface area contributed by atoms with Crippen LogP contribution in [0.15, 0.2) is 47.4 Å². The highest BCUT2D eigenvalue weighted by molar-refractivity contribution is 7.89. The molecule has 0 heterocycles. The molecule has 0 aliphatic rings. The van der Waals surface area contributed by atoms with Crippen LogP contribution < -0.4 is 14.8 Å². The van der Waals surface area contributed by atoms with E-state index in [1.165, 1.54) is 42.8 Å². The van der Waals surface area contributed by atoms with Crippen molar-refractivity contribution in [2.75, 3.05) is 61.3 Å². The molecular formula is C23H32N2O7S. The molecule has 10 heteroatoms. The zero-order chi connectivity index (χ0) is 24.3. The zero-order valence-corrected chi connectivity index (χ0v) is 20.3. The topological polar surface area (TPSA) is 103 Å². The molecule has 0 atom stereocenters. The predicted molar refractivity (Wildman–Crippen MR) is 125 cm³/mol. The molecule has 0 radical (unpaired) electrons. The van der Waals surface area contributed by atoms with Crippen LogP contribution in [-0.4, -0.2) is 79.9 Å². The van der Waals surface area contributed by atoms with Crippen molar-refractivity contribution >= 4 is 15.9 Å². The Labute approximate surface area is 195 Å². The molecule has 0 bridgehead atoms. The SMILES string of the molecule is COCCN(CCOC)S(=O)(=O)c1ccc(C(=O)NCCc2ccc(OC)c(OC)c2)cc1. The fraction of sp³-hybridized carbons (Fsp3) is 0.435.